The summed E-state index contributed by atoms with van der Waals surface area (Å²) >= 11 is 3.88. The molecule has 0 amide bonds. The van der Waals surface area contributed by atoms with E-state index in [-0.39, 0.29) is 0 Å². The van der Waals surface area contributed by atoms with Crippen molar-refractivity contribution in [3.8, 4) is 0 Å². The van der Waals surface area contributed by atoms with Crippen LogP contribution in [0.15, 0.2) is 22.2 Å². The molecule has 0 aliphatic heterocycles. The molecule has 1 aliphatic rings. The molecule has 0 aromatic rings. The minimum absolute atomic E-state index is 1.12. The summed E-state index contributed by atoms with van der Waals surface area (Å²) in [6.07, 6.45) is 7.94. The van der Waals surface area contributed by atoms with E-state index < -0.39 is 0 Å². The maximum atomic E-state index is 7.50. The molecule has 81 valence electrons. The van der Waals surface area contributed by atoms with Crippen LogP contribution in [0, 0.1) is 0 Å². The van der Waals surface area contributed by atoms with E-state index in [0.717, 1.165) is 6.42 Å². The summed E-state index contributed by atoms with van der Waals surface area (Å²) in [6, 6.07) is 0. The molecule has 3 nitrogen and oxygen atoms in total. The van der Waals surface area contributed by atoms with Crippen LogP contribution in [0.2, 0.25) is 0 Å². The molecule has 0 N–H and O–H groups in total. The Morgan fingerprint density at radius 3 is 1.87 bits per heavy atom. The van der Waals surface area contributed by atoms with Crippen LogP contribution in [0.1, 0.15) is 26.2 Å². The molecule has 0 unspecified atom stereocenters. The first-order valence-corrected chi connectivity index (χ1v) is 4.52. The van der Waals surface area contributed by atoms with E-state index in [1.54, 1.807) is 5.57 Å². The van der Waals surface area contributed by atoms with Gasteiger partial charge in [-0.1, -0.05) is 0 Å². The third kappa shape index (κ3) is 13.0. The Morgan fingerprint density at radius 1 is 1.13 bits per heavy atom. The molecule has 0 saturated heterocycles. The molecule has 6 radical (unpaired) electrons. The van der Waals surface area contributed by atoms with Gasteiger partial charge in [-0.3, -0.25) is 14.4 Å². The average Bonchev–Trinajstić information content (AvgIpc) is 2.73. The van der Waals surface area contributed by atoms with Gasteiger partial charge >= 0.3 is 64.4 Å². The Balaban J connectivity index is -0.000000208. The van der Waals surface area contributed by atoms with Crippen LogP contribution in [-0.4, -0.2) is 20.4 Å². The minimum atomic E-state index is 1.12. The Hall–Kier alpha value is -0.991. The quantitative estimate of drug-likeness (QED) is 0.692. The van der Waals surface area contributed by atoms with Crippen LogP contribution in [-0.2, 0) is 30.4 Å². The summed E-state index contributed by atoms with van der Waals surface area (Å²) in [4.78, 5) is 22.5. The third-order valence-electron chi connectivity index (χ3n) is 1.46. The molecular weight excluding hydrogens is 236 g/mol. The zero-order valence-corrected chi connectivity index (χ0v) is 9.46. The standard InChI is InChI=1S/C8H11.3CO.Fe/c1-2-5-8-6-3-4-7-8;3*1-2;/h3,6H,2,5,7H2,1H3;;;;. The monoisotopic (exact) mass is 247 g/mol. The topological polar surface area (TPSA) is 51.2 Å². The maximum absolute atomic E-state index is 7.50. The predicted molar refractivity (Wildman–Crippen MR) is 52.8 cm³/mol. The molecule has 0 fully saturated rings. The molecule has 0 spiro atoms. The SMILES string of the molecule is CCCC1=CC=[C]([Fe])C1.[C]=O.[C]=O.[C]=O. The van der Waals surface area contributed by atoms with Crippen molar-refractivity contribution in [1.82, 2.24) is 0 Å². The van der Waals surface area contributed by atoms with E-state index in [2.05, 4.69) is 55.5 Å². The second-order valence-corrected chi connectivity index (χ2v) is 3.06. The summed E-state index contributed by atoms with van der Waals surface area (Å²) in [5.41, 5.74) is 1.54. The summed E-state index contributed by atoms with van der Waals surface area (Å²) in [7, 11) is 0. The Kier molecular flexibility index (Phi) is 24.4. The average molecular weight is 247 g/mol. The van der Waals surface area contributed by atoms with Gasteiger partial charge in [0.1, 0.15) is 0 Å². The van der Waals surface area contributed by atoms with Crippen LogP contribution < -0.4 is 0 Å². The van der Waals surface area contributed by atoms with Gasteiger partial charge in [-0.05, 0) is 0 Å². The largest absolute Gasteiger partial charge is 0.281 e. The van der Waals surface area contributed by atoms with Gasteiger partial charge in [0, 0.05) is 0 Å². The molecule has 0 atom stereocenters. The first-order chi connectivity index (χ1) is 7.33. The summed E-state index contributed by atoms with van der Waals surface area (Å²) < 4.78 is 1.26. The third-order valence-corrected chi connectivity index (χ3v) is 1.84. The normalized spacial score (nSPS) is 11.3. The molecule has 4 heteroatoms. The van der Waals surface area contributed by atoms with Gasteiger partial charge in [0.15, 0.2) is 0 Å². The maximum Gasteiger partial charge on any atom is 0.281 e. The van der Waals surface area contributed by atoms with Crippen LogP contribution in [0.5, 0.6) is 0 Å². The van der Waals surface area contributed by atoms with Crippen molar-refractivity contribution >= 4 is 20.4 Å². The Labute approximate surface area is 99.4 Å². The second-order valence-electron chi connectivity index (χ2n) is 2.35. The Morgan fingerprint density at radius 2 is 1.60 bits per heavy atom. The van der Waals surface area contributed by atoms with Crippen molar-refractivity contribution < 1.29 is 30.4 Å². The molecule has 1 rings (SSSR count). The summed E-state index contributed by atoms with van der Waals surface area (Å²) in [6.45, 7) is 15.7. The number of hydrogen-bond donors (Lipinski definition) is 0. The zero-order valence-electron chi connectivity index (χ0n) is 8.35. The molecular formula is C11H11FeO3. The molecule has 1 aliphatic carbocycles. The molecule has 0 aromatic heterocycles. The van der Waals surface area contributed by atoms with E-state index in [1.807, 2.05) is 0 Å². The van der Waals surface area contributed by atoms with Crippen LogP contribution in [0.4, 0.5) is 0 Å². The van der Waals surface area contributed by atoms with Crippen molar-refractivity contribution in [1.29, 1.82) is 0 Å². The van der Waals surface area contributed by atoms with Gasteiger partial charge in [0.2, 0.25) is 0 Å². The number of rotatable bonds is 2. The fourth-order valence-corrected chi connectivity index (χ4v) is 1.37. The van der Waals surface area contributed by atoms with E-state index in [4.69, 9.17) is 14.4 Å². The first-order valence-electron chi connectivity index (χ1n) is 3.97. The van der Waals surface area contributed by atoms with Gasteiger partial charge in [-0.25, -0.2) is 0 Å². The van der Waals surface area contributed by atoms with Gasteiger partial charge in [-0.2, -0.15) is 0 Å². The fourth-order valence-electron chi connectivity index (χ4n) is 1.03. The molecule has 0 aromatic carbocycles. The summed E-state index contributed by atoms with van der Waals surface area (Å²) in [5.74, 6) is 0. The van der Waals surface area contributed by atoms with Crippen LogP contribution in [0.3, 0.4) is 0 Å². The van der Waals surface area contributed by atoms with E-state index >= 15 is 0 Å². The first kappa shape index (κ1) is 19.6. The predicted octanol–water partition coefficient (Wildman–Crippen LogP) is 1.36. The zero-order chi connectivity index (χ0) is 12.7. The van der Waals surface area contributed by atoms with Crippen molar-refractivity contribution in [2.24, 2.45) is 0 Å². The van der Waals surface area contributed by atoms with Gasteiger partial charge in [-0.15, -0.1) is 0 Å². The number of carbonyl (C=O) groups excluding carboxylic acids is 3. The Bertz CT molecular complexity index is 195. The van der Waals surface area contributed by atoms with Crippen LogP contribution in [0.25, 0.3) is 0 Å². The van der Waals surface area contributed by atoms with Crippen molar-refractivity contribution in [3.05, 3.63) is 22.2 Å². The van der Waals surface area contributed by atoms with Crippen LogP contribution >= 0.6 is 0 Å². The molecule has 0 saturated carbocycles. The molecule has 0 bridgehead atoms. The van der Waals surface area contributed by atoms with Gasteiger partial charge < -0.3 is 0 Å². The molecule has 15 heavy (non-hydrogen) atoms. The number of hydrogen-bond acceptors (Lipinski definition) is 3. The number of allylic oxidation sites excluding steroid dienone is 4. The van der Waals surface area contributed by atoms with Crippen molar-refractivity contribution in [3.63, 3.8) is 0 Å². The second kappa shape index (κ2) is 18.7. The minimum Gasteiger partial charge on any atom is -0.281 e. The van der Waals surface area contributed by atoms with Crippen molar-refractivity contribution in [2.45, 2.75) is 26.2 Å². The fraction of sp³-hybridized carbons (Fsp3) is 0.364. The van der Waals surface area contributed by atoms with E-state index in [1.165, 1.54) is 17.3 Å². The van der Waals surface area contributed by atoms with Gasteiger partial charge in [0.05, 0.1) is 0 Å². The van der Waals surface area contributed by atoms with E-state index in [9.17, 15) is 0 Å². The van der Waals surface area contributed by atoms with Gasteiger partial charge in [0.25, 0.3) is 20.4 Å². The smallest absolute Gasteiger partial charge is 0.281 e. The summed E-state index contributed by atoms with van der Waals surface area (Å²) in [5, 5.41) is 0. The van der Waals surface area contributed by atoms with Crippen molar-refractivity contribution in [2.75, 3.05) is 0 Å². The molecule has 0 heterocycles. The van der Waals surface area contributed by atoms with E-state index in [0.29, 0.717) is 0 Å².